The fourth-order valence-corrected chi connectivity index (χ4v) is 6.18. The first-order chi connectivity index (χ1) is 14.8. The molecule has 0 fully saturated rings. The first kappa shape index (κ1) is 17.7. The van der Waals surface area contributed by atoms with Crippen molar-refractivity contribution in [3.8, 4) is 0 Å². The molecule has 1 aliphatic heterocycles. The minimum atomic E-state index is -0.0794. The number of aryl methyl sites for hydroxylation is 1. The summed E-state index contributed by atoms with van der Waals surface area (Å²) in [5.41, 5.74) is 5.83. The van der Waals surface area contributed by atoms with E-state index < -0.39 is 0 Å². The van der Waals surface area contributed by atoms with E-state index in [0.29, 0.717) is 4.53 Å². The number of hydrogen-bond acceptors (Lipinski definition) is 5. The summed E-state index contributed by atoms with van der Waals surface area (Å²) >= 11 is 3.17. The Balaban J connectivity index is 1.64. The zero-order valence-electron chi connectivity index (χ0n) is 16.0. The number of pyridine rings is 1. The van der Waals surface area contributed by atoms with Gasteiger partial charge in [0.1, 0.15) is 0 Å². The number of allylic oxidation sites excluding steroid dienone is 1. The van der Waals surface area contributed by atoms with E-state index in [2.05, 4.69) is 46.8 Å². The van der Waals surface area contributed by atoms with Crippen molar-refractivity contribution in [2.45, 2.75) is 18.9 Å². The van der Waals surface area contributed by atoms with Crippen LogP contribution >= 0.6 is 22.7 Å². The van der Waals surface area contributed by atoms with Crippen molar-refractivity contribution in [3.63, 3.8) is 0 Å². The van der Waals surface area contributed by atoms with E-state index in [-0.39, 0.29) is 11.6 Å². The van der Waals surface area contributed by atoms with Crippen molar-refractivity contribution >= 4 is 34.4 Å². The van der Waals surface area contributed by atoms with E-state index in [1.54, 1.807) is 23.7 Å². The molecule has 30 heavy (non-hydrogen) atoms. The topological polar surface area (TPSA) is 47.2 Å². The average Bonchev–Trinajstić information content (AvgIpc) is 3.42. The number of nitrogens with zero attached hydrogens (tertiary/aromatic N) is 3. The van der Waals surface area contributed by atoms with Gasteiger partial charge in [-0.15, -0.1) is 11.3 Å². The third-order valence-corrected chi connectivity index (χ3v) is 7.60. The van der Waals surface area contributed by atoms with E-state index >= 15 is 0 Å². The Hall–Kier alpha value is -3.09. The maximum atomic E-state index is 13.5. The van der Waals surface area contributed by atoms with Crippen LogP contribution in [0.25, 0.3) is 11.8 Å². The molecule has 6 rings (SSSR count). The first-order valence-corrected chi connectivity index (χ1v) is 11.6. The molecule has 146 valence electrons. The molecule has 6 heteroatoms. The fourth-order valence-electron chi connectivity index (χ4n) is 4.33. The standard InChI is InChI=1S/C24H17N3OS2/c28-23-20(14-15-9-11-25-12-10-15)30-24-26-21-17-5-2-1-4-16(17)7-8-18(21)22(27(23)24)19-6-3-13-29-19/h1-6,9-14,22H,7-8H2/b20-14-. The van der Waals surface area contributed by atoms with Crippen molar-refractivity contribution in [1.29, 1.82) is 0 Å². The Morgan fingerprint density at radius 3 is 2.73 bits per heavy atom. The summed E-state index contributed by atoms with van der Waals surface area (Å²) in [4.78, 5) is 24.5. The summed E-state index contributed by atoms with van der Waals surface area (Å²) in [6, 6.07) is 16.4. The number of rotatable bonds is 2. The normalized spacial score (nSPS) is 17.9. The van der Waals surface area contributed by atoms with Gasteiger partial charge in [0.15, 0.2) is 4.80 Å². The number of thiophene rings is 1. The Bertz CT molecular complexity index is 1460. The molecular weight excluding hydrogens is 410 g/mol. The number of aromatic nitrogens is 2. The molecule has 2 aliphatic rings. The molecule has 0 saturated heterocycles. The molecule has 0 bridgehead atoms. The van der Waals surface area contributed by atoms with Gasteiger partial charge in [-0.3, -0.25) is 14.3 Å². The Labute approximate surface area is 180 Å². The van der Waals surface area contributed by atoms with Crippen molar-refractivity contribution < 1.29 is 0 Å². The highest BCUT2D eigenvalue weighted by molar-refractivity contribution is 7.10. The van der Waals surface area contributed by atoms with Gasteiger partial charge >= 0.3 is 0 Å². The van der Waals surface area contributed by atoms with Gasteiger partial charge in [0.05, 0.1) is 16.3 Å². The van der Waals surface area contributed by atoms with Gasteiger partial charge in [-0.2, -0.15) is 0 Å². The van der Waals surface area contributed by atoms with Crippen molar-refractivity contribution in [3.05, 3.63) is 113 Å². The predicted octanol–water partition coefficient (Wildman–Crippen LogP) is 3.78. The molecule has 3 aromatic heterocycles. The SMILES string of the molecule is O=c1/c(=C/c2ccncc2)sc2n1C(c1cccs1)C1=C(N=2)c2ccccc2CC1. The lowest BCUT2D eigenvalue weighted by molar-refractivity contribution is 0.593. The van der Waals surface area contributed by atoms with E-state index in [0.717, 1.165) is 28.9 Å². The summed E-state index contributed by atoms with van der Waals surface area (Å²) in [7, 11) is 0. The van der Waals surface area contributed by atoms with Crippen LogP contribution in [-0.2, 0) is 6.42 Å². The predicted molar refractivity (Wildman–Crippen MR) is 121 cm³/mol. The number of thiazole rings is 1. The maximum Gasteiger partial charge on any atom is 0.271 e. The highest BCUT2D eigenvalue weighted by Crippen LogP contribution is 2.42. The van der Waals surface area contributed by atoms with Crippen LogP contribution < -0.4 is 14.9 Å². The zero-order valence-corrected chi connectivity index (χ0v) is 17.6. The van der Waals surface area contributed by atoms with Crippen molar-refractivity contribution in [1.82, 2.24) is 9.55 Å². The van der Waals surface area contributed by atoms with Gasteiger partial charge in [0.25, 0.3) is 5.56 Å². The Morgan fingerprint density at radius 2 is 1.90 bits per heavy atom. The van der Waals surface area contributed by atoms with Crippen LogP contribution in [0, 0.1) is 0 Å². The molecule has 1 unspecified atom stereocenters. The second kappa shape index (κ2) is 7.00. The lowest BCUT2D eigenvalue weighted by Gasteiger charge is -2.30. The average molecular weight is 428 g/mol. The van der Waals surface area contributed by atoms with E-state index in [1.165, 1.54) is 32.9 Å². The largest absolute Gasteiger partial charge is 0.271 e. The van der Waals surface area contributed by atoms with Crippen LogP contribution in [0.1, 0.15) is 34.0 Å². The molecule has 4 aromatic rings. The smallest absolute Gasteiger partial charge is 0.271 e. The summed E-state index contributed by atoms with van der Waals surface area (Å²) in [5.74, 6) is 0. The summed E-state index contributed by atoms with van der Waals surface area (Å²) < 4.78 is 2.60. The molecule has 0 N–H and O–H groups in total. The molecule has 4 nitrogen and oxygen atoms in total. The molecule has 0 amide bonds. The monoisotopic (exact) mass is 427 g/mol. The van der Waals surface area contributed by atoms with Gasteiger partial charge in [-0.25, -0.2) is 4.99 Å². The maximum absolute atomic E-state index is 13.5. The van der Waals surface area contributed by atoms with Gasteiger partial charge in [-0.05, 0) is 59.2 Å². The van der Waals surface area contributed by atoms with E-state index in [4.69, 9.17) is 4.99 Å². The lowest BCUT2D eigenvalue weighted by Crippen LogP contribution is -2.38. The van der Waals surface area contributed by atoms with Crippen LogP contribution in [0.4, 0.5) is 0 Å². The molecular formula is C24H17N3OS2. The molecule has 0 radical (unpaired) electrons. The Morgan fingerprint density at radius 1 is 1.03 bits per heavy atom. The van der Waals surface area contributed by atoms with E-state index in [9.17, 15) is 4.79 Å². The van der Waals surface area contributed by atoms with Gasteiger partial charge in [0.2, 0.25) is 0 Å². The summed E-state index contributed by atoms with van der Waals surface area (Å²) in [6.07, 6.45) is 7.33. The lowest BCUT2D eigenvalue weighted by atomic mass is 9.85. The minimum Gasteiger partial charge on any atom is -0.271 e. The van der Waals surface area contributed by atoms with Crippen LogP contribution in [0.3, 0.4) is 0 Å². The molecule has 1 atom stereocenters. The molecule has 0 saturated carbocycles. The first-order valence-electron chi connectivity index (χ1n) is 9.86. The number of hydrogen-bond donors (Lipinski definition) is 0. The second-order valence-electron chi connectivity index (χ2n) is 7.41. The molecule has 4 heterocycles. The highest BCUT2D eigenvalue weighted by Gasteiger charge is 2.32. The quantitative estimate of drug-likeness (QED) is 0.489. The third-order valence-electron chi connectivity index (χ3n) is 5.69. The van der Waals surface area contributed by atoms with Crippen molar-refractivity contribution in [2.24, 2.45) is 4.99 Å². The summed E-state index contributed by atoms with van der Waals surface area (Å²) in [6.45, 7) is 0. The van der Waals surface area contributed by atoms with E-state index in [1.807, 2.05) is 22.8 Å². The second-order valence-corrected chi connectivity index (χ2v) is 9.40. The minimum absolute atomic E-state index is 0.0272. The van der Waals surface area contributed by atoms with Crippen LogP contribution in [0.2, 0.25) is 0 Å². The number of benzene rings is 1. The molecule has 1 aromatic carbocycles. The summed E-state index contributed by atoms with van der Waals surface area (Å²) in [5, 5.41) is 2.08. The van der Waals surface area contributed by atoms with Crippen molar-refractivity contribution in [2.75, 3.05) is 0 Å². The third kappa shape index (κ3) is 2.75. The highest BCUT2D eigenvalue weighted by atomic mass is 32.1. The Kier molecular flexibility index (Phi) is 4.14. The molecule has 1 aliphatic carbocycles. The molecule has 0 spiro atoms. The van der Waals surface area contributed by atoms with Crippen LogP contribution in [-0.4, -0.2) is 9.55 Å². The van der Waals surface area contributed by atoms with Crippen LogP contribution in [0.5, 0.6) is 0 Å². The fraction of sp³-hybridized carbons (Fsp3) is 0.125. The van der Waals surface area contributed by atoms with Gasteiger partial charge < -0.3 is 0 Å². The number of fused-ring (bicyclic) bond motifs is 3. The van der Waals surface area contributed by atoms with Gasteiger partial charge in [0, 0.05) is 22.8 Å². The van der Waals surface area contributed by atoms with Gasteiger partial charge in [-0.1, -0.05) is 41.7 Å². The van der Waals surface area contributed by atoms with Crippen LogP contribution in [0.15, 0.2) is 81.7 Å². The zero-order chi connectivity index (χ0) is 20.1.